The summed E-state index contributed by atoms with van der Waals surface area (Å²) in [5.41, 5.74) is 11.0. The molecule has 0 aromatic carbocycles. The van der Waals surface area contributed by atoms with E-state index in [0.717, 1.165) is 25.1 Å². The lowest BCUT2D eigenvalue weighted by atomic mass is 9.72. The highest BCUT2D eigenvalue weighted by Crippen LogP contribution is 2.51. The molecule has 1 aromatic heterocycles. The lowest BCUT2D eigenvalue weighted by Gasteiger charge is -2.37. The van der Waals surface area contributed by atoms with Crippen molar-refractivity contribution in [2.75, 3.05) is 6.54 Å². The molecule has 1 aromatic rings. The number of alkyl halides is 3. The van der Waals surface area contributed by atoms with Crippen molar-refractivity contribution in [1.82, 2.24) is 10.3 Å². The third-order valence-corrected chi connectivity index (χ3v) is 6.18. The van der Waals surface area contributed by atoms with Gasteiger partial charge in [-0.3, -0.25) is 9.78 Å². The molecule has 0 bridgehead atoms. The van der Waals surface area contributed by atoms with E-state index in [9.17, 15) is 18.0 Å². The van der Waals surface area contributed by atoms with Gasteiger partial charge in [0.1, 0.15) is 0 Å². The lowest BCUT2D eigenvalue weighted by Crippen LogP contribution is -2.59. The highest BCUT2D eigenvalue weighted by atomic mass is 19.4. The molecular weight excluding hydrogens is 357 g/mol. The van der Waals surface area contributed by atoms with Crippen LogP contribution in [0.5, 0.6) is 0 Å². The van der Waals surface area contributed by atoms with Crippen molar-refractivity contribution in [2.45, 2.75) is 50.9 Å². The van der Waals surface area contributed by atoms with E-state index in [0.29, 0.717) is 18.7 Å². The van der Waals surface area contributed by atoms with Crippen LogP contribution in [0.3, 0.4) is 0 Å². The maximum atomic E-state index is 12.8. The number of aromatic nitrogens is 1. The molecule has 150 valence electrons. The molecule has 5 atom stereocenters. The van der Waals surface area contributed by atoms with Crippen molar-refractivity contribution in [3.8, 4) is 0 Å². The van der Waals surface area contributed by atoms with Crippen molar-refractivity contribution in [3.05, 3.63) is 29.6 Å². The Morgan fingerprint density at radius 2 is 2.00 bits per heavy atom. The second kappa shape index (κ2) is 7.05. The van der Waals surface area contributed by atoms with Gasteiger partial charge in [0.2, 0.25) is 5.91 Å². The van der Waals surface area contributed by atoms with Gasteiger partial charge in [0.25, 0.3) is 0 Å². The quantitative estimate of drug-likeness (QED) is 0.727. The number of carbonyl (C=O) groups excluding carboxylic acids is 1. The lowest BCUT2D eigenvalue weighted by molar-refractivity contribution is -0.137. The molecular formula is C19H27F3N4O. The van der Waals surface area contributed by atoms with E-state index in [2.05, 4.69) is 10.3 Å². The molecule has 0 radical (unpaired) electrons. The van der Waals surface area contributed by atoms with Gasteiger partial charge in [-0.05, 0) is 61.6 Å². The highest BCUT2D eigenvalue weighted by Gasteiger charge is 2.54. The highest BCUT2D eigenvalue weighted by molar-refractivity contribution is 5.85. The predicted octanol–water partition coefficient (Wildman–Crippen LogP) is 2.62. The van der Waals surface area contributed by atoms with Crippen molar-refractivity contribution in [1.29, 1.82) is 0 Å². The summed E-state index contributed by atoms with van der Waals surface area (Å²) in [5.74, 6) is 0.0830. The molecule has 2 aliphatic rings. The molecule has 0 spiro atoms. The van der Waals surface area contributed by atoms with Gasteiger partial charge in [-0.2, -0.15) is 13.2 Å². The molecule has 1 aliphatic heterocycles. The largest absolute Gasteiger partial charge is 0.417 e. The number of halogens is 3. The summed E-state index contributed by atoms with van der Waals surface area (Å²) in [6.07, 6.45) is -1.35. The SMILES string of the molecule is CC(C)C[C@](N)(C(N)=O)[C@H]1CC[C@@H]2C(c3ccc(C(F)(F)F)cn3)NC[C@H]21. The van der Waals surface area contributed by atoms with Crippen LogP contribution in [-0.4, -0.2) is 23.0 Å². The Balaban J connectivity index is 1.80. The fourth-order valence-electron chi connectivity index (χ4n) is 5.05. The zero-order chi connectivity index (χ0) is 20.0. The van der Waals surface area contributed by atoms with E-state index in [1.807, 2.05) is 13.8 Å². The van der Waals surface area contributed by atoms with Crippen LogP contribution in [0.4, 0.5) is 13.2 Å². The third kappa shape index (κ3) is 3.69. The van der Waals surface area contributed by atoms with Crippen molar-refractivity contribution in [2.24, 2.45) is 35.1 Å². The summed E-state index contributed by atoms with van der Waals surface area (Å²) < 4.78 is 38.3. The van der Waals surface area contributed by atoms with Gasteiger partial charge in [0.15, 0.2) is 0 Å². The number of nitrogens with zero attached hydrogens (tertiary/aromatic N) is 1. The van der Waals surface area contributed by atoms with Gasteiger partial charge in [-0.25, -0.2) is 0 Å². The molecule has 27 heavy (non-hydrogen) atoms. The Labute approximate surface area is 157 Å². The number of pyridine rings is 1. The number of fused-ring (bicyclic) bond motifs is 1. The average molecular weight is 384 g/mol. The zero-order valence-electron chi connectivity index (χ0n) is 15.6. The Bertz CT molecular complexity index is 691. The Kier molecular flexibility index (Phi) is 5.24. The number of rotatable bonds is 5. The number of hydrogen-bond acceptors (Lipinski definition) is 4. The van der Waals surface area contributed by atoms with Crippen molar-refractivity contribution < 1.29 is 18.0 Å². The summed E-state index contributed by atoms with van der Waals surface area (Å²) in [4.78, 5) is 16.2. The first-order chi connectivity index (χ1) is 12.5. The average Bonchev–Trinajstić information content (AvgIpc) is 3.14. The maximum absolute atomic E-state index is 12.8. The fourth-order valence-corrected chi connectivity index (χ4v) is 5.05. The second-order valence-corrected chi connectivity index (χ2v) is 8.37. The van der Waals surface area contributed by atoms with Crippen LogP contribution in [0.2, 0.25) is 0 Å². The molecule has 1 amide bonds. The molecule has 2 fully saturated rings. The van der Waals surface area contributed by atoms with Crippen LogP contribution in [0.15, 0.2) is 18.3 Å². The van der Waals surface area contributed by atoms with Crippen LogP contribution in [-0.2, 0) is 11.0 Å². The number of amides is 1. The molecule has 1 saturated heterocycles. The minimum Gasteiger partial charge on any atom is -0.368 e. The van der Waals surface area contributed by atoms with Crippen molar-refractivity contribution >= 4 is 5.91 Å². The number of nitrogens with two attached hydrogens (primary N) is 2. The zero-order valence-corrected chi connectivity index (χ0v) is 15.6. The van der Waals surface area contributed by atoms with E-state index in [1.165, 1.54) is 6.07 Å². The summed E-state index contributed by atoms with van der Waals surface area (Å²) in [7, 11) is 0. The van der Waals surface area contributed by atoms with E-state index in [4.69, 9.17) is 11.5 Å². The number of nitrogens with one attached hydrogen (secondary N) is 1. The summed E-state index contributed by atoms with van der Waals surface area (Å²) >= 11 is 0. The summed E-state index contributed by atoms with van der Waals surface area (Å²) in [5, 5.41) is 3.38. The molecule has 1 aliphatic carbocycles. The van der Waals surface area contributed by atoms with Gasteiger partial charge < -0.3 is 16.8 Å². The Hall–Kier alpha value is -1.67. The molecule has 8 heteroatoms. The van der Waals surface area contributed by atoms with Gasteiger partial charge in [0, 0.05) is 6.20 Å². The van der Waals surface area contributed by atoms with E-state index >= 15 is 0 Å². The smallest absolute Gasteiger partial charge is 0.368 e. The Morgan fingerprint density at radius 3 is 2.52 bits per heavy atom. The van der Waals surface area contributed by atoms with Crippen LogP contribution in [0, 0.1) is 23.7 Å². The first kappa shape index (κ1) is 20.1. The molecule has 1 saturated carbocycles. The fraction of sp³-hybridized carbons (Fsp3) is 0.684. The maximum Gasteiger partial charge on any atom is 0.417 e. The standard InChI is InChI=1S/C19H27F3N4O/c1-10(2)7-18(24,17(23)27)14-5-4-12-13(14)9-26-16(12)15-6-3-11(8-25-15)19(20,21)22/h3,6,8,10,12-14,16,26H,4-5,7,9,24H2,1-2H3,(H2,23,27)/t12-,13+,14-,16?,18+/m0/s1. The van der Waals surface area contributed by atoms with Crippen molar-refractivity contribution in [3.63, 3.8) is 0 Å². The number of primary amides is 1. The first-order valence-corrected chi connectivity index (χ1v) is 9.39. The first-order valence-electron chi connectivity index (χ1n) is 9.39. The third-order valence-electron chi connectivity index (χ3n) is 6.18. The predicted molar refractivity (Wildman–Crippen MR) is 95.3 cm³/mol. The topological polar surface area (TPSA) is 94.0 Å². The van der Waals surface area contributed by atoms with Gasteiger partial charge in [-0.15, -0.1) is 0 Å². The van der Waals surface area contributed by atoms with E-state index < -0.39 is 23.2 Å². The van der Waals surface area contributed by atoms with Gasteiger partial charge in [0.05, 0.1) is 22.8 Å². The molecule has 5 nitrogen and oxygen atoms in total. The molecule has 3 rings (SSSR count). The number of hydrogen-bond donors (Lipinski definition) is 3. The van der Waals surface area contributed by atoms with Crippen LogP contribution < -0.4 is 16.8 Å². The van der Waals surface area contributed by atoms with E-state index in [-0.39, 0.29) is 29.7 Å². The van der Waals surface area contributed by atoms with Gasteiger partial charge in [-0.1, -0.05) is 13.8 Å². The molecule has 2 heterocycles. The molecule has 1 unspecified atom stereocenters. The minimum atomic E-state index is -4.40. The monoisotopic (exact) mass is 384 g/mol. The Morgan fingerprint density at radius 1 is 1.30 bits per heavy atom. The van der Waals surface area contributed by atoms with E-state index in [1.54, 1.807) is 0 Å². The second-order valence-electron chi connectivity index (χ2n) is 8.37. The normalized spacial score (nSPS) is 30.3. The summed E-state index contributed by atoms with van der Waals surface area (Å²) in [6, 6.07) is 2.38. The van der Waals surface area contributed by atoms with Crippen LogP contribution >= 0.6 is 0 Å². The summed E-state index contributed by atoms with van der Waals surface area (Å²) in [6.45, 7) is 4.69. The molecule has 5 N–H and O–H groups in total. The van der Waals surface area contributed by atoms with Gasteiger partial charge >= 0.3 is 6.18 Å². The number of carbonyl (C=O) groups is 1. The van der Waals surface area contributed by atoms with Crippen LogP contribution in [0.1, 0.15) is 50.4 Å². The van der Waals surface area contributed by atoms with Crippen LogP contribution in [0.25, 0.3) is 0 Å². The minimum absolute atomic E-state index is 0.0330.